The maximum Gasteiger partial charge on any atom is 0.105 e. The van der Waals surface area contributed by atoms with E-state index in [0.717, 1.165) is 18.7 Å². The topological polar surface area (TPSA) is 46.5 Å². The summed E-state index contributed by atoms with van der Waals surface area (Å²) in [4.78, 5) is 10.9. The van der Waals surface area contributed by atoms with Gasteiger partial charge in [-0.25, -0.2) is 9.97 Å². The van der Waals surface area contributed by atoms with Gasteiger partial charge in [-0.15, -0.1) is 0 Å². The first-order valence-corrected chi connectivity index (χ1v) is 4.73. The van der Waals surface area contributed by atoms with E-state index >= 15 is 0 Å². The second-order valence-electron chi connectivity index (χ2n) is 3.01. The van der Waals surface area contributed by atoms with Crippen LogP contribution in [0.15, 0.2) is 31.1 Å². The highest BCUT2D eigenvalue weighted by atomic mass is 15.0. The van der Waals surface area contributed by atoms with Gasteiger partial charge in [0.25, 0.3) is 0 Å². The van der Waals surface area contributed by atoms with Crippen LogP contribution < -0.4 is 0 Å². The Morgan fingerprint density at radius 2 is 2.29 bits per heavy atom. The van der Waals surface area contributed by atoms with Crippen molar-refractivity contribution < 1.29 is 0 Å². The number of rotatable bonds is 2. The monoisotopic (exact) mass is 192 g/mol. The summed E-state index contributed by atoms with van der Waals surface area (Å²) in [6.07, 6.45) is 11.2. The molecule has 0 saturated carbocycles. The summed E-state index contributed by atoms with van der Waals surface area (Å²) in [7, 11) is 1.94. The lowest BCUT2D eigenvalue weighted by Crippen LogP contribution is -1.83. The molecule has 0 radical (unpaired) electrons. The predicted molar refractivity (Wildman–Crippen MR) is 55.8 cm³/mol. The maximum atomic E-state index is 4.05. The number of H-pyrrole nitrogens is 1. The molecule has 4 nitrogen and oxygen atoms in total. The van der Waals surface area contributed by atoms with Gasteiger partial charge in [-0.1, -0.05) is 6.92 Å². The zero-order valence-electron chi connectivity index (χ0n) is 8.64. The molecule has 4 heteroatoms. The minimum absolute atomic E-state index is 1.06. The molecule has 0 fully saturated rings. The summed E-state index contributed by atoms with van der Waals surface area (Å²) in [5.74, 6) is 1.09. The molecule has 1 N–H and O–H groups in total. The Labute approximate surface area is 84.0 Å². The van der Waals surface area contributed by atoms with Gasteiger partial charge in [-0.05, 0) is 6.42 Å². The Hall–Kier alpha value is -1.58. The first-order chi connectivity index (χ1) is 6.83. The van der Waals surface area contributed by atoms with Gasteiger partial charge < -0.3 is 9.55 Å². The van der Waals surface area contributed by atoms with E-state index < -0.39 is 0 Å². The first-order valence-electron chi connectivity index (χ1n) is 4.73. The molecular formula is C10H16N4. The smallest absolute Gasteiger partial charge is 0.105 e. The van der Waals surface area contributed by atoms with Crippen LogP contribution in [0.4, 0.5) is 0 Å². The van der Waals surface area contributed by atoms with Crippen LogP contribution in [-0.4, -0.2) is 19.5 Å². The van der Waals surface area contributed by atoms with Crippen molar-refractivity contribution in [3.63, 3.8) is 0 Å². The minimum atomic E-state index is 1.06. The molecule has 2 rings (SSSR count). The van der Waals surface area contributed by atoms with Crippen LogP contribution >= 0.6 is 0 Å². The molecule has 0 aromatic carbocycles. The van der Waals surface area contributed by atoms with E-state index in [1.165, 1.54) is 0 Å². The molecule has 0 unspecified atom stereocenters. The molecule has 0 aliphatic heterocycles. The Bertz CT molecular complexity index is 310. The quantitative estimate of drug-likeness (QED) is 0.788. The van der Waals surface area contributed by atoms with E-state index in [4.69, 9.17) is 0 Å². The second-order valence-corrected chi connectivity index (χ2v) is 3.01. The molecule has 2 heterocycles. The molecule has 76 valence electrons. The number of aryl methyl sites for hydroxylation is 2. The Morgan fingerprint density at radius 1 is 1.43 bits per heavy atom. The minimum Gasteiger partial charge on any atom is -0.349 e. The van der Waals surface area contributed by atoms with Crippen LogP contribution in [0, 0.1) is 0 Å². The van der Waals surface area contributed by atoms with Gasteiger partial charge in [0, 0.05) is 38.3 Å². The first kappa shape index (κ1) is 10.5. The normalized spacial score (nSPS) is 9.29. The standard InChI is InChI=1S/C6H10N2.C4H6N2/c1-2-3-6-7-4-5-8-6;1-6-3-2-5-4-6/h4-5H,2-3H2,1H3,(H,7,8);2-4H,1H3. The summed E-state index contributed by atoms with van der Waals surface area (Å²) in [6, 6.07) is 0. The lowest BCUT2D eigenvalue weighted by atomic mass is 10.3. The Balaban J connectivity index is 0.000000146. The van der Waals surface area contributed by atoms with Crippen LogP contribution in [0.1, 0.15) is 19.2 Å². The molecule has 0 bridgehead atoms. The predicted octanol–water partition coefficient (Wildman–Crippen LogP) is 1.78. The second kappa shape index (κ2) is 5.96. The van der Waals surface area contributed by atoms with Crippen molar-refractivity contribution in [3.05, 3.63) is 36.9 Å². The highest BCUT2D eigenvalue weighted by Gasteiger charge is 1.87. The maximum absolute atomic E-state index is 4.05. The van der Waals surface area contributed by atoms with Gasteiger partial charge in [-0.2, -0.15) is 0 Å². The number of hydrogen-bond acceptors (Lipinski definition) is 2. The third-order valence-corrected chi connectivity index (χ3v) is 1.68. The van der Waals surface area contributed by atoms with Crippen LogP contribution in [0.2, 0.25) is 0 Å². The van der Waals surface area contributed by atoms with Gasteiger partial charge in [-0.3, -0.25) is 0 Å². The highest BCUT2D eigenvalue weighted by molar-refractivity contribution is 4.85. The number of aromatic nitrogens is 4. The molecule has 2 aromatic rings. The largest absolute Gasteiger partial charge is 0.349 e. The van der Waals surface area contributed by atoms with Crippen LogP contribution in [0.3, 0.4) is 0 Å². The van der Waals surface area contributed by atoms with Crippen molar-refractivity contribution in [1.29, 1.82) is 0 Å². The van der Waals surface area contributed by atoms with Gasteiger partial charge in [0.2, 0.25) is 0 Å². The van der Waals surface area contributed by atoms with Crippen molar-refractivity contribution in [3.8, 4) is 0 Å². The summed E-state index contributed by atoms with van der Waals surface area (Å²) < 4.78 is 1.89. The number of hydrogen-bond donors (Lipinski definition) is 1. The van der Waals surface area contributed by atoms with Crippen molar-refractivity contribution >= 4 is 0 Å². The molecule has 0 aliphatic carbocycles. The van der Waals surface area contributed by atoms with Gasteiger partial charge >= 0.3 is 0 Å². The Kier molecular flexibility index (Phi) is 4.47. The van der Waals surface area contributed by atoms with Crippen molar-refractivity contribution in [2.75, 3.05) is 0 Å². The van der Waals surface area contributed by atoms with Crippen molar-refractivity contribution in [1.82, 2.24) is 19.5 Å². The molecule has 2 aromatic heterocycles. The third-order valence-electron chi connectivity index (χ3n) is 1.68. The van der Waals surface area contributed by atoms with Crippen molar-refractivity contribution in [2.24, 2.45) is 7.05 Å². The molecule has 0 spiro atoms. The van der Waals surface area contributed by atoms with Gasteiger partial charge in [0.15, 0.2) is 0 Å². The number of nitrogens with one attached hydrogen (secondary N) is 1. The number of aromatic amines is 1. The van der Waals surface area contributed by atoms with Gasteiger partial charge in [0.05, 0.1) is 6.33 Å². The third kappa shape index (κ3) is 3.89. The molecule has 0 saturated heterocycles. The van der Waals surface area contributed by atoms with Crippen molar-refractivity contribution in [2.45, 2.75) is 19.8 Å². The van der Waals surface area contributed by atoms with Crippen LogP contribution in [0.25, 0.3) is 0 Å². The average molecular weight is 192 g/mol. The number of nitrogens with zero attached hydrogens (tertiary/aromatic N) is 3. The zero-order chi connectivity index (χ0) is 10.2. The molecule has 0 atom stereocenters. The van der Waals surface area contributed by atoms with Gasteiger partial charge in [0.1, 0.15) is 5.82 Å². The van der Waals surface area contributed by atoms with Crippen LogP contribution in [-0.2, 0) is 13.5 Å². The highest BCUT2D eigenvalue weighted by Crippen LogP contribution is 1.91. The van der Waals surface area contributed by atoms with E-state index in [1.54, 1.807) is 18.7 Å². The summed E-state index contributed by atoms with van der Waals surface area (Å²) in [5, 5.41) is 0. The SMILES string of the molecule is CCCc1ncc[nH]1.Cn1ccnc1. The van der Waals surface area contributed by atoms with E-state index in [2.05, 4.69) is 21.9 Å². The van der Waals surface area contributed by atoms with E-state index in [1.807, 2.05) is 24.0 Å². The molecule has 14 heavy (non-hydrogen) atoms. The summed E-state index contributed by atoms with van der Waals surface area (Å²) in [6.45, 7) is 2.14. The fourth-order valence-electron chi connectivity index (χ4n) is 0.997. The lowest BCUT2D eigenvalue weighted by Gasteiger charge is -1.85. The van der Waals surface area contributed by atoms with E-state index in [9.17, 15) is 0 Å². The average Bonchev–Trinajstić information content (AvgIpc) is 2.79. The van der Waals surface area contributed by atoms with E-state index in [-0.39, 0.29) is 0 Å². The summed E-state index contributed by atoms with van der Waals surface area (Å²) >= 11 is 0. The fourth-order valence-corrected chi connectivity index (χ4v) is 0.997. The van der Waals surface area contributed by atoms with Crippen LogP contribution in [0.5, 0.6) is 0 Å². The molecule has 0 amide bonds. The Morgan fingerprint density at radius 3 is 2.64 bits per heavy atom. The number of imidazole rings is 2. The lowest BCUT2D eigenvalue weighted by molar-refractivity contribution is 0.856. The molecular weight excluding hydrogens is 176 g/mol. The molecule has 0 aliphatic rings. The summed E-state index contributed by atoms with van der Waals surface area (Å²) in [5.41, 5.74) is 0. The van der Waals surface area contributed by atoms with E-state index in [0.29, 0.717) is 0 Å². The zero-order valence-corrected chi connectivity index (χ0v) is 8.64. The fraction of sp³-hybridized carbons (Fsp3) is 0.400.